The first-order valence-electron chi connectivity index (χ1n) is 6.90. The maximum atomic E-state index is 5.67. The van der Waals surface area contributed by atoms with Crippen LogP contribution in [-0.4, -0.2) is 34.1 Å². The molecule has 0 amide bonds. The second-order valence-electron chi connectivity index (χ2n) is 5.44. The molecule has 1 atom stereocenters. The van der Waals surface area contributed by atoms with Crippen LogP contribution in [0, 0.1) is 5.92 Å². The predicted octanol–water partition coefficient (Wildman–Crippen LogP) is 3.02. The van der Waals surface area contributed by atoms with E-state index in [9.17, 15) is 0 Å². The second kappa shape index (κ2) is 5.69. The van der Waals surface area contributed by atoms with Crippen LogP contribution >= 0.6 is 15.9 Å². The molecule has 1 saturated heterocycles. The van der Waals surface area contributed by atoms with Gasteiger partial charge in [-0.2, -0.15) is 10.1 Å². The second-order valence-corrected chi connectivity index (χ2v) is 6.29. The van der Waals surface area contributed by atoms with Crippen LogP contribution in [0.1, 0.15) is 20.3 Å². The summed E-state index contributed by atoms with van der Waals surface area (Å²) in [5.41, 5.74) is 0.725. The van der Waals surface area contributed by atoms with Gasteiger partial charge in [0.2, 0.25) is 5.88 Å². The van der Waals surface area contributed by atoms with Gasteiger partial charge in [-0.1, -0.05) is 0 Å². The quantitative estimate of drug-likeness (QED) is 0.859. The molecule has 108 valence electrons. The maximum absolute atomic E-state index is 5.67. The number of halogens is 1. The summed E-state index contributed by atoms with van der Waals surface area (Å²) in [7, 11) is 0. The first-order valence-corrected chi connectivity index (χ1v) is 7.69. The standard InChI is InChI=1S/C14H18BrN3O2/c1-9(2)20-14-12(15)5-11-7-18(17-13(11)16-14)6-10-3-4-19-8-10/h5,7,9-10H,3-4,6,8H2,1-2H3. The van der Waals surface area contributed by atoms with E-state index in [-0.39, 0.29) is 6.10 Å². The molecule has 0 N–H and O–H groups in total. The lowest BCUT2D eigenvalue weighted by atomic mass is 10.1. The number of hydrogen-bond donors (Lipinski definition) is 0. The summed E-state index contributed by atoms with van der Waals surface area (Å²) in [5, 5.41) is 5.55. The van der Waals surface area contributed by atoms with Crippen molar-refractivity contribution in [2.75, 3.05) is 13.2 Å². The molecule has 0 bridgehead atoms. The van der Waals surface area contributed by atoms with Gasteiger partial charge in [0.25, 0.3) is 0 Å². The van der Waals surface area contributed by atoms with Gasteiger partial charge < -0.3 is 9.47 Å². The van der Waals surface area contributed by atoms with Gasteiger partial charge in [0.1, 0.15) is 0 Å². The van der Waals surface area contributed by atoms with Gasteiger partial charge in [-0.3, -0.25) is 4.68 Å². The van der Waals surface area contributed by atoms with Crippen LogP contribution in [0.25, 0.3) is 11.0 Å². The Balaban J connectivity index is 1.86. The molecule has 0 aliphatic carbocycles. The number of ether oxygens (including phenoxy) is 2. The minimum atomic E-state index is 0.0916. The Bertz CT molecular complexity index is 606. The van der Waals surface area contributed by atoms with Crippen LogP contribution in [0.4, 0.5) is 0 Å². The summed E-state index contributed by atoms with van der Waals surface area (Å²) in [5.74, 6) is 1.15. The molecule has 0 saturated carbocycles. The van der Waals surface area contributed by atoms with E-state index in [1.54, 1.807) is 0 Å². The maximum Gasteiger partial charge on any atom is 0.230 e. The van der Waals surface area contributed by atoms with Crippen molar-refractivity contribution in [3.05, 3.63) is 16.7 Å². The first-order chi connectivity index (χ1) is 9.61. The monoisotopic (exact) mass is 339 g/mol. The summed E-state index contributed by atoms with van der Waals surface area (Å²) in [4.78, 5) is 4.48. The van der Waals surface area contributed by atoms with E-state index in [1.807, 2.05) is 30.8 Å². The van der Waals surface area contributed by atoms with Gasteiger partial charge in [0, 0.05) is 30.7 Å². The van der Waals surface area contributed by atoms with E-state index >= 15 is 0 Å². The Hall–Kier alpha value is -1.14. The van der Waals surface area contributed by atoms with E-state index in [0.717, 1.165) is 41.7 Å². The highest BCUT2D eigenvalue weighted by Gasteiger charge is 2.17. The molecule has 5 nitrogen and oxygen atoms in total. The van der Waals surface area contributed by atoms with Crippen molar-refractivity contribution in [3.63, 3.8) is 0 Å². The number of aromatic nitrogens is 3. The zero-order valence-corrected chi connectivity index (χ0v) is 13.3. The third-order valence-electron chi connectivity index (χ3n) is 3.28. The minimum Gasteiger partial charge on any atom is -0.474 e. The number of fused-ring (bicyclic) bond motifs is 1. The van der Waals surface area contributed by atoms with Crippen LogP contribution in [-0.2, 0) is 11.3 Å². The normalized spacial score (nSPS) is 19.1. The Kier molecular flexibility index (Phi) is 3.94. The Morgan fingerprint density at radius 3 is 3.10 bits per heavy atom. The molecule has 1 aliphatic rings. The van der Waals surface area contributed by atoms with Crippen LogP contribution in [0.5, 0.6) is 5.88 Å². The van der Waals surface area contributed by atoms with Crippen molar-refractivity contribution in [3.8, 4) is 5.88 Å². The van der Waals surface area contributed by atoms with Crippen molar-refractivity contribution < 1.29 is 9.47 Å². The van der Waals surface area contributed by atoms with Crippen LogP contribution < -0.4 is 4.74 Å². The molecule has 1 unspecified atom stereocenters. The van der Waals surface area contributed by atoms with Crippen LogP contribution in [0.15, 0.2) is 16.7 Å². The van der Waals surface area contributed by atoms with Gasteiger partial charge in [-0.15, -0.1) is 0 Å². The zero-order chi connectivity index (χ0) is 14.1. The molecule has 20 heavy (non-hydrogen) atoms. The third kappa shape index (κ3) is 2.96. The molecular weight excluding hydrogens is 322 g/mol. The fourth-order valence-electron chi connectivity index (χ4n) is 2.35. The van der Waals surface area contributed by atoms with E-state index in [1.165, 1.54) is 0 Å². The van der Waals surface area contributed by atoms with Crippen LogP contribution in [0.3, 0.4) is 0 Å². The van der Waals surface area contributed by atoms with Crippen LogP contribution in [0.2, 0.25) is 0 Å². The molecule has 6 heteroatoms. The van der Waals surface area contributed by atoms with Crippen molar-refractivity contribution in [2.45, 2.75) is 32.9 Å². The molecule has 3 rings (SSSR count). The highest BCUT2D eigenvalue weighted by atomic mass is 79.9. The number of pyridine rings is 1. The van der Waals surface area contributed by atoms with Gasteiger partial charge in [0.15, 0.2) is 5.65 Å². The summed E-state index contributed by atoms with van der Waals surface area (Å²) < 4.78 is 13.9. The summed E-state index contributed by atoms with van der Waals surface area (Å²) >= 11 is 3.50. The fourth-order valence-corrected chi connectivity index (χ4v) is 2.78. The molecule has 3 heterocycles. The Morgan fingerprint density at radius 1 is 1.55 bits per heavy atom. The highest BCUT2D eigenvalue weighted by Crippen LogP contribution is 2.27. The third-order valence-corrected chi connectivity index (χ3v) is 3.85. The van der Waals surface area contributed by atoms with Crippen molar-refractivity contribution >= 4 is 27.0 Å². The lowest BCUT2D eigenvalue weighted by molar-refractivity contribution is 0.181. The van der Waals surface area contributed by atoms with Crippen molar-refractivity contribution in [1.82, 2.24) is 14.8 Å². The molecule has 1 aliphatic heterocycles. The SMILES string of the molecule is CC(C)Oc1nc2nn(CC3CCOC3)cc2cc1Br. The summed E-state index contributed by atoms with van der Waals surface area (Å²) in [6, 6.07) is 2.01. The predicted molar refractivity (Wildman–Crippen MR) is 79.9 cm³/mol. The van der Waals surface area contributed by atoms with E-state index in [4.69, 9.17) is 9.47 Å². The average molecular weight is 340 g/mol. The minimum absolute atomic E-state index is 0.0916. The van der Waals surface area contributed by atoms with Crippen molar-refractivity contribution in [2.24, 2.45) is 5.92 Å². The van der Waals surface area contributed by atoms with Gasteiger partial charge in [-0.05, 0) is 42.3 Å². The fraction of sp³-hybridized carbons (Fsp3) is 0.571. The Morgan fingerprint density at radius 2 is 2.40 bits per heavy atom. The largest absolute Gasteiger partial charge is 0.474 e. The average Bonchev–Trinajstić information content (AvgIpc) is 2.98. The van der Waals surface area contributed by atoms with Crippen molar-refractivity contribution in [1.29, 1.82) is 0 Å². The molecule has 0 radical (unpaired) electrons. The number of hydrogen-bond acceptors (Lipinski definition) is 4. The van der Waals surface area contributed by atoms with E-state index in [0.29, 0.717) is 11.8 Å². The van der Waals surface area contributed by atoms with Gasteiger partial charge in [-0.25, -0.2) is 0 Å². The van der Waals surface area contributed by atoms with E-state index < -0.39 is 0 Å². The summed E-state index contributed by atoms with van der Waals surface area (Å²) in [6.45, 7) is 6.54. The number of rotatable bonds is 4. The molecule has 2 aromatic rings. The first kappa shape index (κ1) is 13.8. The number of nitrogens with zero attached hydrogens (tertiary/aromatic N) is 3. The molecular formula is C14H18BrN3O2. The molecule has 0 spiro atoms. The molecule has 1 fully saturated rings. The smallest absolute Gasteiger partial charge is 0.230 e. The Labute approximate surface area is 126 Å². The molecule has 2 aromatic heterocycles. The lowest BCUT2D eigenvalue weighted by Crippen LogP contribution is -2.10. The van der Waals surface area contributed by atoms with Gasteiger partial charge in [0.05, 0.1) is 17.2 Å². The lowest BCUT2D eigenvalue weighted by Gasteiger charge is -2.09. The van der Waals surface area contributed by atoms with Gasteiger partial charge >= 0.3 is 0 Å². The van der Waals surface area contributed by atoms with E-state index in [2.05, 4.69) is 26.0 Å². The zero-order valence-electron chi connectivity index (χ0n) is 11.7. The molecule has 0 aromatic carbocycles. The summed E-state index contributed by atoms with van der Waals surface area (Å²) in [6.07, 6.45) is 3.23. The highest BCUT2D eigenvalue weighted by molar-refractivity contribution is 9.10. The topological polar surface area (TPSA) is 49.2 Å².